The molecule has 2 heterocycles. The number of H-pyrrole nitrogens is 1. The van der Waals surface area contributed by atoms with E-state index in [4.69, 9.17) is 23.2 Å². The van der Waals surface area contributed by atoms with Gasteiger partial charge in [0.15, 0.2) is 0 Å². The van der Waals surface area contributed by atoms with Gasteiger partial charge < -0.3 is 10.3 Å². The van der Waals surface area contributed by atoms with Crippen molar-refractivity contribution in [1.82, 2.24) is 15.3 Å². The summed E-state index contributed by atoms with van der Waals surface area (Å²) in [7, 11) is 0. The second-order valence-electron chi connectivity index (χ2n) is 4.70. The van der Waals surface area contributed by atoms with Crippen LogP contribution >= 0.6 is 39.1 Å². The summed E-state index contributed by atoms with van der Waals surface area (Å²) < 4.78 is 0.757. The Kier molecular flexibility index (Phi) is 4.21. The van der Waals surface area contributed by atoms with Gasteiger partial charge in [-0.05, 0) is 12.1 Å². The molecule has 3 N–H and O–H groups in total. The Morgan fingerprint density at radius 2 is 2.10 bits per heavy atom. The number of hydrogen-bond donors (Lipinski definition) is 3. The first kappa shape index (κ1) is 14.8. The summed E-state index contributed by atoms with van der Waals surface area (Å²) >= 11 is 15.5. The van der Waals surface area contributed by atoms with Crippen LogP contribution in [0.1, 0.15) is 11.4 Å². The van der Waals surface area contributed by atoms with Gasteiger partial charge in [-0.3, -0.25) is 10.1 Å². The van der Waals surface area contributed by atoms with E-state index in [0.717, 1.165) is 15.9 Å². The number of nitrogens with one attached hydrogen (secondary N) is 3. The van der Waals surface area contributed by atoms with Crippen LogP contribution in [0, 0.1) is 0 Å². The van der Waals surface area contributed by atoms with Crippen LogP contribution in [0.15, 0.2) is 22.9 Å². The van der Waals surface area contributed by atoms with E-state index in [9.17, 15) is 4.79 Å². The number of benzene rings is 1. The van der Waals surface area contributed by atoms with Crippen molar-refractivity contribution in [3.8, 4) is 0 Å². The molecule has 0 fully saturated rings. The Morgan fingerprint density at radius 3 is 2.81 bits per heavy atom. The fourth-order valence-electron chi connectivity index (χ4n) is 2.23. The summed E-state index contributed by atoms with van der Waals surface area (Å²) in [6.07, 6.45) is 2.16. The molecule has 1 aliphatic heterocycles. The van der Waals surface area contributed by atoms with Gasteiger partial charge in [0.05, 0.1) is 39.5 Å². The molecule has 1 amide bonds. The molecule has 1 unspecified atom stereocenters. The maximum Gasteiger partial charge on any atom is 0.242 e. The molecule has 0 aliphatic carbocycles. The summed E-state index contributed by atoms with van der Waals surface area (Å²) in [5.74, 6) is -0.185. The van der Waals surface area contributed by atoms with E-state index in [1.54, 1.807) is 18.5 Å². The molecule has 8 heteroatoms. The molecule has 1 aliphatic rings. The van der Waals surface area contributed by atoms with Gasteiger partial charge in [-0.2, -0.15) is 0 Å². The van der Waals surface area contributed by atoms with Crippen LogP contribution in [0.3, 0.4) is 0 Å². The number of imidazole rings is 1. The number of aromatic amines is 1. The van der Waals surface area contributed by atoms with Crippen molar-refractivity contribution in [1.29, 1.82) is 0 Å². The van der Waals surface area contributed by atoms with Crippen molar-refractivity contribution < 1.29 is 4.79 Å². The first-order valence-electron chi connectivity index (χ1n) is 6.24. The summed E-state index contributed by atoms with van der Waals surface area (Å²) in [6.45, 7) is 0.579. The maximum absolute atomic E-state index is 12.3. The summed E-state index contributed by atoms with van der Waals surface area (Å²) in [5.41, 5.74) is 2.34. The molecule has 21 heavy (non-hydrogen) atoms. The zero-order valence-electron chi connectivity index (χ0n) is 10.7. The first-order valence-corrected chi connectivity index (χ1v) is 7.79. The monoisotopic (exact) mass is 388 g/mol. The normalized spacial score (nSPS) is 17.4. The minimum atomic E-state index is -0.364. The average molecular weight is 390 g/mol. The van der Waals surface area contributed by atoms with Crippen LogP contribution in [0.2, 0.25) is 10.0 Å². The van der Waals surface area contributed by atoms with Gasteiger partial charge >= 0.3 is 0 Å². The van der Waals surface area contributed by atoms with Crippen LogP contribution < -0.4 is 10.6 Å². The number of aromatic nitrogens is 2. The van der Waals surface area contributed by atoms with Gasteiger partial charge in [-0.25, -0.2) is 4.98 Å². The highest BCUT2D eigenvalue weighted by Gasteiger charge is 2.26. The Balaban J connectivity index is 1.76. The van der Waals surface area contributed by atoms with E-state index in [1.165, 1.54) is 0 Å². The summed E-state index contributed by atoms with van der Waals surface area (Å²) in [6, 6.07) is 3.00. The number of rotatable bonds is 2. The molecule has 0 bridgehead atoms. The number of hydrogen-bond acceptors (Lipinski definition) is 3. The second-order valence-corrected chi connectivity index (χ2v) is 6.43. The third-order valence-corrected chi connectivity index (χ3v) is 4.36. The average Bonchev–Trinajstić information content (AvgIpc) is 2.89. The minimum absolute atomic E-state index is 0.185. The SMILES string of the molecule is O=C(Nc1c(Cl)cc(Br)cc1Cl)C1Cc2nc[nH]c2CN1. The van der Waals surface area contributed by atoms with Crippen LogP contribution in [0.5, 0.6) is 0 Å². The lowest BCUT2D eigenvalue weighted by Gasteiger charge is -2.22. The summed E-state index contributed by atoms with van der Waals surface area (Å²) in [5, 5.41) is 6.70. The highest BCUT2D eigenvalue weighted by Crippen LogP contribution is 2.34. The van der Waals surface area contributed by atoms with Gasteiger partial charge in [0.25, 0.3) is 0 Å². The van der Waals surface area contributed by atoms with Crippen molar-refractivity contribution in [3.05, 3.63) is 44.4 Å². The number of halogens is 3. The van der Waals surface area contributed by atoms with Crippen molar-refractivity contribution >= 4 is 50.7 Å². The van der Waals surface area contributed by atoms with Gasteiger partial charge in [0.1, 0.15) is 0 Å². The number of carbonyl (C=O) groups excluding carboxylic acids is 1. The second kappa shape index (κ2) is 5.96. The summed E-state index contributed by atoms with van der Waals surface area (Å²) in [4.78, 5) is 19.6. The van der Waals surface area contributed by atoms with Crippen molar-refractivity contribution in [3.63, 3.8) is 0 Å². The number of anilines is 1. The van der Waals surface area contributed by atoms with E-state index >= 15 is 0 Å². The standard InChI is InChI=1S/C13H11BrCl2N4O/c14-6-1-7(15)12(8(16)2-6)20-13(21)10-3-9-11(4-17-10)19-5-18-9/h1-2,5,10,17H,3-4H2,(H,18,19)(H,20,21). The lowest BCUT2D eigenvalue weighted by atomic mass is 10.0. The highest BCUT2D eigenvalue weighted by molar-refractivity contribution is 9.10. The molecule has 5 nitrogen and oxygen atoms in total. The third-order valence-electron chi connectivity index (χ3n) is 3.30. The number of fused-ring (bicyclic) bond motifs is 1. The maximum atomic E-state index is 12.3. The molecule has 1 atom stereocenters. The number of carbonyl (C=O) groups is 1. The third kappa shape index (κ3) is 3.08. The fraction of sp³-hybridized carbons (Fsp3) is 0.231. The largest absolute Gasteiger partial charge is 0.347 e. The molecule has 3 rings (SSSR count). The van der Waals surface area contributed by atoms with Crippen LogP contribution in [0.4, 0.5) is 5.69 Å². The Hall–Kier alpha value is -1.08. The smallest absolute Gasteiger partial charge is 0.242 e. The van der Waals surface area contributed by atoms with Crippen LogP contribution in [-0.4, -0.2) is 21.9 Å². The Morgan fingerprint density at radius 1 is 1.38 bits per heavy atom. The van der Waals surface area contributed by atoms with Gasteiger partial charge in [0, 0.05) is 17.4 Å². The molecule has 0 saturated carbocycles. The van der Waals surface area contributed by atoms with E-state index < -0.39 is 0 Å². The van der Waals surface area contributed by atoms with E-state index in [0.29, 0.717) is 28.7 Å². The minimum Gasteiger partial charge on any atom is -0.347 e. The van der Waals surface area contributed by atoms with Gasteiger partial charge in [-0.15, -0.1) is 0 Å². The van der Waals surface area contributed by atoms with Crippen LogP contribution in [0.25, 0.3) is 0 Å². The van der Waals surface area contributed by atoms with Crippen molar-refractivity contribution in [2.24, 2.45) is 0 Å². The zero-order chi connectivity index (χ0) is 15.0. The molecular weight excluding hydrogens is 379 g/mol. The predicted molar refractivity (Wildman–Crippen MR) is 85.7 cm³/mol. The fourth-order valence-corrected chi connectivity index (χ4v) is 3.53. The molecule has 1 aromatic heterocycles. The van der Waals surface area contributed by atoms with Gasteiger partial charge in [-0.1, -0.05) is 39.1 Å². The lowest BCUT2D eigenvalue weighted by molar-refractivity contribution is -0.118. The van der Waals surface area contributed by atoms with E-state index in [-0.39, 0.29) is 11.9 Å². The van der Waals surface area contributed by atoms with Gasteiger partial charge in [0.2, 0.25) is 5.91 Å². The Labute approximate surface area is 139 Å². The topological polar surface area (TPSA) is 69.8 Å². The molecule has 1 aromatic carbocycles. The molecule has 0 spiro atoms. The molecular formula is C13H11BrCl2N4O. The molecule has 110 valence electrons. The quantitative estimate of drug-likeness (QED) is 0.738. The predicted octanol–water partition coefficient (Wildman–Crippen LogP) is 3.13. The lowest BCUT2D eigenvalue weighted by Crippen LogP contribution is -2.44. The molecule has 0 saturated heterocycles. The number of amides is 1. The number of nitrogens with zero attached hydrogens (tertiary/aromatic N) is 1. The molecule has 2 aromatic rings. The highest BCUT2D eigenvalue weighted by atomic mass is 79.9. The van der Waals surface area contributed by atoms with Crippen molar-refractivity contribution in [2.75, 3.05) is 5.32 Å². The van der Waals surface area contributed by atoms with E-state index in [2.05, 4.69) is 36.5 Å². The molecule has 0 radical (unpaired) electrons. The van der Waals surface area contributed by atoms with E-state index in [1.807, 2.05) is 0 Å². The van der Waals surface area contributed by atoms with Crippen molar-refractivity contribution in [2.45, 2.75) is 19.0 Å². The van der Waals surface area contributed by atoms with Crippen LogP contribution in [-0.2, 0) is 17.8 Å². The first-order chi connectivity index (χ1) is 10.0. The zero-order valence-corrected chi connectivity index (χ0v) is 13.8. The Bertz CT molecular complexity index is 680.